The second kappa shape index (κ2) is 4.21. The molecule has 1 heterocycles. The van der Waals surface area contributed by atoms with Crippen LogP contribution in [0.25, 0.3) is 0 Å². The molecule has 1 aromatic rings. The van der Waals surface area contributed by atoms with Gasteiger partial charge in [0.1, 0.15) is 5.75 Å². The number of rotatable bonds is 1. The summed E-state index contributed by atoms with van der Waals surface area (Å²) in [5.41, 5.74) is 2.13. The van der Waals surface area contributed by atoms with Gasteiger partial charge in [0.05, 0.1) is 13.2 Å². The molecule has 0 aliphatic carbocycles. The van der Waals surface area contributed by atoms with E-state index in [1.807, 2.05) is 18.2 Å². The van der Waals surface area contributed by atoms with E-state index in [4.69, 9.17) is 4.74 Å². The number of nitrogens with one attached hydrogen (secondary N) is 1. The lowest BCUT2D eigenvalue weighted by molar-refractivity contribution is 0.177. The summed E-state index contributed by atoms with van der Waals surface area (Å²) < 4.78 is 5.35. The summed E-state index contributed by atoms with van der Waals surface area (Å²) in [6.45, 7) is 3.64. The van der Waals surface area contributed by atoms with Gasteiger partial charge in [-0.2, -0.15) is 0 Å². The molecule has 0 aromatic heterocycles. The number of benzene rings is 1. The van der Waals surface area contributed by atoms with E-state index in [9.17, 15) is 5.11 Å². The molecular formula is C12H17NO2. The molecule has 3 nitrogen and oxygen atoms in total. The zero-order chi connectivity index (χ0) is 10.8. The van der Waals surface area contributed by atoms with Crippen molar-refractivity contribution in [2.24, 2.45) is 0 Å². The second-order valence-electron chi connectivity index (χ2n) is 4.04. The van der Waals surface area contributed by atoms with Gasteiger partial charge >= 0.3 is 0 Å². The van der Waals surface area contributed by atoms with E-state index in [1.54, 1.807) is 7.11 Å². The first-order valence-electron chi connectivity index (χ1n) is 5.29. The summed E-state index contributed by atoms with van der Waals surface area (Å²) in [5.74, 6) is 1.25. The monoisotopic (exact) mass is 207 g/mol. The Kier molecular flexibility index (Phi) is 2.93. The number of ether oxygens (including phenoxy) is 1. The van der Waals surface area contributed by atoms with Crippen LogP contribution >= 0.6 is 0 Å². The van der Waals surface area contributed by atoms with E-state index in [1.165, 1.54) is 0 Å². The first kappa shape index (κ1) is 10.5. The van der Waals surface area contributed by atoms with Crippen molar-refractivity contribution in [2.45, 2.75) is 18.9 Å². The average molecular weight is 207 g/mol. The van der Waals surface area contributed by atoms with Gasteiger partial charge in [-0.15, -0.1) is 0 Å². The molecule has 0 saturated heterocycles. The predicted molar refractivity (Wildman–Crippen MR) is 59.2 cm³/mol. The predicted octanol–water partition coefficient (Wildman–Crippen LogP) is 1.44. The number of aliphatic hydroxyl groups is 1. The van der Waals surface area contributed by atoms with Crippen molar-refractivity contribution in [2.75, 3.05) is 20.2 Å². The van der Waals surface area contributed by atoms with Gasteiger partial charge in [-0.3, -0.25) is 0 Å². The van der Waals surface area contributed by atoms with E-state index in [0.717, 1.165) is 23.4 Å². The highest BCUT2D eigenvalue weighted by molar-refractivity contribution is 5.44. The molecule has 82 valence electrons. The van der Waals surface area contributed by atoms with E-state index in [2.05, 4.69) is 12.2 Å². The lowest BCUT2D eigenvalue weighted by Crippen LogP contribution is -2.21. The molecule has 0 spiro atoms. The van der Waals surface area contributed by atoms with Gasteiger partial charge < -0.3 is 15.2 Å². The van der Waals surface area contributed by atoms with Gasteiger partial charge in [-0.25, -0.2) is 0 Å². The summed E-state index contributed by atoms with van der Waals surface area (Å²) in [7, 11) is 1.67. The van der Waals surface area contributed by atoms with Crippen molar-refractivity contribution in [1.82, 2.24) is 5.32 Å². The van der Waals surface area contributed by atoms with Crippen LogP contribution in [0.3, 0.4) is 0 Å². The molecule has 0 bridgehead atoms. The molecule has 0 fully saturated rings. The van der Waals surface area contributed by atoms with E-state index < -0.39 is 6.10 Å². The molecule has 2 N–H and O–H groups in total. The summed E-state index contributed by atoms with van der Waals surface area (Å²) >= 11 is 0. The van der Waals surface area contributed by atoms with Crippen molar-refractivity contribution >= 4 is 0 Å². The summed E-state index contributed by atoms with van der Waals surface area (Å²) in [5, 5.41) is 13.2. The number of hydrogen-bond donors (Lipinski definition) is 2. The minimum absolute atomic E-state index is 0.369. The molecule has 2 rings (SSSR count). The van der Waals surface area contributed by atoms with E-state index in [0.29, 0.717) is 12.5 Å². The van der Waals surface area contributed by atoms with Gasteiger partial charge in [0.2, 0.25) is 0 Å². The Bertz CT molecular complexity index is 351. The molecular weight excluding hydrogens is 190 g/mol. The van der Waals surface area contributed by atoms with Gasteiger partial charge in [-0.1, -0.05) is 19.1 Å². The third-order valence-corrected chi connectivity index (χ3v) is 2.96. The average Bonchev–Trinajstić information content (AvgIpc) is 2.40. The van der Waals surface area contributed by atoms with Gasteiger partial charge in [-0.05, 0) is 17.5 Å². The zero-order valence-electron chi connectivity index (χ0n) is 9.16. The summed E-state index contributed by atoms with van der Waals surface area (Å²) in [4.78, 5) is 0. The number of methoxy groups -OCH3 is 1. The van der Waals surface area contributed by atoms with Gasteiger partial charge in [0.15, 0.2) is 0 Å². The molecule has 0 radical (unpaired) electrons. The van der Waals surface area contributed by atoms with Crippen LogP contribution in [0.1, 0.15) is 30.1 Å². The summed E-state index contributed by atoms with van der Waals surface area (Å²) in [6.07, 6.45) is -0.431. The molecule has 3 heteroatoms. The first-order chi connectivity index (χ1) is 7.24. The van der Waals surface area contributed by atoms with Crippen LogP contribution in [0.5, 0.6) is 5.75 Å². The van der Waals surface area contributed by atoms with E-state index >= 15 is 0 Å². The summed E-state index contributed by atoms with van der Waals surface area (Å²) in [6, 6.07) is 5.86. The minimum atomic E-state index is -0.431. The van der Waals surface area contributed by atoms with Crippen molar-refractivity contribution in [1.29, 1.82) is 0 Å². The molecule has 1 aliphatic heterocycles. The number of aliphatic hydroxyl groups excluding tert-OH is 1. The minimum Gasteiger partial charge on any atom is -0.496 e. The lowest BCUT2D eigenvalue weighted by atomic mass is 9.93. The quantitative estimate of drug-likeness (QED) is 0.732. The highest BCUT2D eigenvalue weighted by Gasteiger charge is 2.23. The Morgan fingerprint density at radius 2 is 2.20 bits per heavy atom. The Labute approximate surface area is 90.1 Å². The van der Waals surface area contributed by atoms with Gasteiger partial charge in [0, 0.05) is 18.7 Å². The maximum atomic E-state index is 9.96. The van der Waals surface area contributed by atoms with Gasteiger partial charge in [0.25, 0.3) is 0 Å². The largest absolute Gasteiger partial charge is 0.496 e. The molecule has 2 unspecified atom stereocenters. The fraction of sp³-hybridized carbons (Fsp3) is 0.500. The Morgan fingerprint density at radius 3 is 2.93 bits per heavy atom. The van der Waals surface area contributed by atoms with Crippen LogP contribution in [0.4, 0.5) is 0 Å². The lowest BCUT2D eigenvalue weighted by Gasteiger charge is -2.17. The zero-order valence-corrected chi connectivity index (χ0v) is 9.16. The second-order valence-corrected chi connectivity index (χ2v) is 4.04. The maximum absolute atomic E-state index is 9.96. The highest BCUT2D eigenvalue weighted by atomic mass is 16.5. The van der Waals surface area contributed by atoms with Crippen molar-refractivity contribution in [3.05, 3.63) is 29.3 Å². The maximum Gasteiger partial charge on any atom is 0.122 e. The van der Waals surface area contributed by atoms with Crippen molar-refractivity contribution in [3.63, 3.8) is 0 Å². The van der Waals surface area contributed by atoms with Crippen molar-refractivity contribution < 1.29 is 9.84 Å². The van der Waals surface area contributed by atoms with Crippen LogP contribution < -0.4 is 10.1 Å². The van der Waals surface area contributed by atoms with Crippen LogP contribution in [-0.4, -0.2) is 25.3 Å². The molecule has 1 aromatic carbocycles. The number of fused-ring (bicyclic) bond motifs is 1. The Balaban J connectivity index is 2.53. The normalized spacial score (nSPS) is 25.5. The number of β-amino-alcohol motifs (C(OH)–C–C–N with tert-alkyl or cyclic N) is 1. The van der Waals surface area contributed by atoms with Crippen LogP contribution in [0.2, 0.25) is 0 Å². The van der Waals surface area contributed by atoms with Crippen molar-refractivity contribution in [3.8, 4) is 5.75 Å². The smallest absolute Gasteiger partial charge is 0.122 e. The molecule has 1 aliphatic rings. The molecule has 0 saturated carbocycles. The van der Waals surface area contributed by atoms with Crippen LogP contribution in [-0.2, 0) is 0 Å². The fourth-order valence-electron chi connectivity index (χ4n) is 2.21. The molecule has 0 amide bonds. The molecule has 2 atom stereocenters. The first-order valence-corrected chi connectivity index (χ1v) is 5.29. The topological polar surface area (TPSA) is 41.5 Å². The highest BCUT2D eigenvalue weighted by Crippen LogP contribution is 2.34. The third kappa shape index (κ3) is 1.85. The fourth-order valence-corrected chi connectivity index (χ4v) is 2.21. The standard InChI is InChI=1S/C12H17NO2/c1-8-6-13-7-10(14)9-4-3-5-11(15-2)12(8)9/h3-5,8,10,13-14H,6-7H2,1-2H3. The Morgan fingerprint density at radius 1 is 1.40 bits per heavy atom. The van der Waals surface area contributed by atoms with E-state index in [-0.39, 0.29) is 0 Å². The number of hydrogen-bond acceptors (Lipinski definition) is 3. The van der Waals surface area contributed by atoms with Crippen LogP contribution in [0, 0.1) is 0 Å². The Hall–Kier alpha value is -1.06. The molecule has 15 heavy (non-hydrogen) atoms. The third-order valence-electron chi connectivity index (χ3n) is 2.96. The van der Waals surface area contributed by atoms with Crippen LogP contribution in [0.15, 0.2) is 18.2 Å². The SMILES string of the molecule is COc1cccc2c1C(C)CNCC2O.